The van der Waals surface area contributed by atoms with Crippen LogP contribution in [0, 0.1) is 0 Å². The summed E-state index contributed by atoms with van der Waals surface area (Å²) in [5.41, 5.74) is 4.07. The Labute approximate surface area is 293 Å². The average Bonchev–Trinajstić information content (AvgIpc) is 3.67. The monoisotopic (exact) mass is 673 g/mol. The second-order valence-electron chi connectivity index (χ2n) is 11.9. The van der Waals surface area contributed by atoms with Crippen molar-refractivity contribution in [1.29, 1.82) is 0 Å². The van der Waals surface area contributed by atoms with Crippen molar-refractivity contribution in [1.82, 2.24) is 20.2 Å². The molecule has 0 aliphatic rings. The van der Waals surface area contributed by atoms with Crippen molar-refractivity contribution in [3.8, 4) is 5.75 Å². The summed E-state index contributed by atoms with van der Waals surface area (Å²) < 4.78 is 11.4. The van der Waals surface area contributed by atoms with Crippen molar-refractivity contribution in [3.63, 3.8) is 0 Å². The zero-order chi connectivity index (χ0) is 35.0. The number of amides is 3. The Morgan fingerprint density at radius 1 is 0.800 bits per heavy atom. The minimum atomic E-state index is -1.04. The molecule has 1 unspecified atom stereocenters. The molecule has 4 aromatic carbocycles. The maximum absolute atomic E-state index is 14.4. The van der Waals surface area contributed by atoms with Gasteiger partial charge in [-0.3, -0.25) is 9.59 Å². The van der Waals surface area contributed by atoms with E-state index in [1.54, 1.807) is 11.1 Å². The van der Waals surface area contributed by atoms with Crippen LogP contribution in [0.15, 0.2) is 128 Å². The number of hydrogen-bond donors (Lipinski definition) is 2. The molecule has 0 aliphatic heterocycles. The van der Waals surface area contributed by atoms with Gasteiger partial charge in [-0.2, -0.15) is 0 Å². The van der Waals surface area contributed by atoms with E-state index in [0.29, 0.717) is 24.6 Å². The highest BCUT2D eigenvalue weighted by Gasteiger charge is 2.30. The minimum Gasteiger partial charge on any atom is -0.489 e. The molecule has 0 fully saturated rings. The van der Waals surface area contributed by atoms with E-state index in [4.69, 9.17) is 9.47 Å². The first-order valence-corrected chi connectivity index (χ1v) is 16.8. The Kier molecular flexibility index (Phi) is 13.2. The Balaban J connectivity index is 1.37. The molecule has 1 atom stereocenters. The smallest absolute Gasteiger partial charge is 0.408 e. The number of carbonyl (C=O) groups is 3. The van der Waals surface area contributed by atoms with E-state index >= 15 is 0 Å². The molecule has 2 N–H and O–H groups in total. The molecule has 0 aliphatic carbocycles. The van der Waals surface area contributed by atoms with E-state index in [1.807, 2.05) is 115 Å². The Morgan fingerprint density at radius 3 is 2.06 bits per heavy atom. The Bertz CT molecular complexity index is 1750. The third-order valence-electron chi connectivity index (χ3n) is 8.07. The molecule has 10 nitrogen and oxygen atoms in total. The number of aromatic amines is 1. The number of benzene rings is 4. The van der Waals surface area contributed by atoms with Crippen LogP contribution in [-0.2, 0) is 40.5 Å². The first-order chi connectivity index (χ1) is 24.5. The van der Waals surface area contributed by atoms with Gasteiger partial charge in [0.05, 0.1) is 6.33 Å². The lowest BCUT2D eigenvalue weighted by molar-refractivity contribution is -0.137. The molecular weight excluding hydrogens is 630 g/mol. The summed E-state index contributed by atoms with van der Waals surface area (Å²) in [5.74, 6) is 0.0200. The number of alkyl carbamates (subject to hydrolysis) is 1. The van der Waals surface area contributed by atoms with Gasteiger partial charge in [0.25, 0.3) is 0 Å². The van der Waals surface area contributed by atoms with Crippen LogP contribution in [0.25, 0.3) is 0 Å². The number of anilines is 1. The molecule has 1 aromatic heterocycles. The molecule has 50 heavy (non-hydrogen) atoms. The third kappa shape index (κ3) is 10.8. The van der Waals surface area contributed by atoms with E-state index in [2.05, 4.69) is 22.2 Å². The number of para-hydroxylation sites is 1. The van der Waals surface area contributed by atoms with Crippen molar-refractivity contribution in [2.45, 2.75) is 52.0 Å². The summed E-state index contributed by atoms with van der Waals surface area (Å²) in [6.45, 7) is 2.97. The molecule has 3 amide bonds. The van der Waals surface area contributed by atoms with Crippen molar-refractivity contribution in [2.75, 3.05) is 18.0 Å². The predicted molar refractivity (Wildman–Crippen MR) is 192 cm³/mol. The fourth-order valence-corrected chi connectivity index (χ4v) is 5.38. The number of H-pyrrole nitrogens is 1. The summed E-state index contributed by atoms with van der Waals surface area (Å²) in [6.07, 6.45) is 4.19. The molecule has 258 valence electrons. The van der Waals surface area contributed by atoms with Gasteiger partial charge in [0.1, 0.15) is 31.5 Å². The van der Waals surface area contributed by atoms with E-state index in [0.717, 1.165) is 35.2 Å². The fourth-order valence-electron chi connectivity index (χ4n) is 5.38. The van der Waals surface area contributed by atoms with Crippen LogP contribution in [0.1, 0.15) is 42.1 Å². The largest absolute Gasteiger partial charge is 0.489 e. The number of aromatic nitrogens is 2. The van der Waals surface area contributed by atoms with Gasteiger partial charge in [-0.05, 0) is 47.4 Å². The van der Waals surface area contributed by atoms with Crippen molar-refractivity contribution < 1.29 is 23.9 Å². The highest BCUT2D eigenvalue weighted by molar-refractivity contribution is 5.97. The van der Waals surface area contributed by atoms with E-state index in [-0.39, 0.29) is 32.0 Å². The standard InChI is InChI=1S/C40H43N5O5/c1-2-3-23-45(35-17-11-6-12-18-35)38(46)27-44(26-31-19-21-36(22-20-31)49-28-32-13-7-4-8-14-32)39(47)37(24-34-25-41-30-42-34)43-40(48)50-29-33-15-9-5-10-16-33/h4-22,25,30,37H,2-3,23-24,26-29H2,1H3,(H,41,42)(H,43,48). The van der Waals surface area contributed by atoms with Crippen LogP contribution >= 0.6 is 0 Å². The number of unbranched alkanes of at least 4 members (excludes halogenated alkanes) is 1. The number of nitrogens with zero attached hydrogens (tertiary/aromatic N) is 3. The fraction of sp³-hybridized carbons (Fsp3) is 0.250. The van der Waals surface area contributed by atoms with Crippen molar-refractivity contribution >= 4 is 23.6 Å². The highest BCUT2D eigenvalue weighted by atomic mass is 16.5. The summed E-state index contributed by atoms with van der Waals surface area (Å²) >= 11 is 0. The second kappa shape index (κ2) is 18.6. The minimum absolute atomic E-state index is 0.0436. The number of ether oxygens (including phenoxy) is 2. The van der Waals surface area contributed by atoms with Crippen molar-refractivity contribution in [2.24, 2.45) is 0 Å². The summed E-state index contributed by atoms with van der Waals surface area (Å²) in [5, 5.41) is 2.76. The molecule has 10 heteroatoms. The van der Waals surface area contributed by atoms with Crippen LogP contribution in [-0.4, -0.2) is 51.9 Å². The van der Waals surface area contributed by atoms with Crippen molar-refractivity contribution in [3.05, 3.63) is 150 Å². The number of hydrogen-bond acceptors (Lipinski definition) is 6. The molecule has 0 bridgehead atoms. The van der Waals surface area contributed by atoms with Gasteiger partial charge < -0.3 is 29.6 Å². The number of carbonyl (C=O) groups excluding carboxylic acids is 3. The maximum atomic E-state index is 14.4. The maximum Gasteiger partial charge on any atom is 0.408 e. The topological polar surface area (TPSA) is 117 Å². The lowest BCUT2D eigenvalue weighted by Gasteiger charge is -2.30. The molecule has 0 saturated carbocycles. The van der Waals surface area contributed by atoms with Gasteiger partial charge in [0.2, 0.25) is 11.8 Å². The molecule has 5 rings (SSSR count). The van der Waals surface area contributed by atoms with Crippen LogP contribution in [0.4, 0.5) is 10.5 Å². The first-order valence-electron chi connectivity index (χ1n) is 16.8. The normalized spacial score (nSPS) is 11.3. The van der Waals surface area contributed by atoms with E-state index in [1.165, 1.54) is 11.2 Å². The van der Waals surface area contributed by atoms with Gasteiger partial charge in [-0.15, -0.1) is 0 Å². The van der Waals surface area contributed by atoms with Gasteiger partial charge in [-0.25, -0.2) is 9.78 Å². The molecule has 0 spiro atoms. The molecular formula is C40H43N5O5. The van der Waals surface area contributed by atoms with Gasteiger partial charge in [0.15, 0.2) is 0 Å². The van der Waals surface area contributed by atoms with Crippen LogP contribution < -0.4 is 15.0 Å². The zero-order valence-corrected chi connectivity index (χ0v) is 28.2. The number of nitrogens with one attached hydrogen (secondary N) is 2. The molecule has 0 radical (unpaired) electrons. The SMILES string of the molecule is CCCCN(C(=O)CN(Cc1ccc(OCc2ccccc2)cc1)C(=O)C(Cc1cnc[nH]1)NC(=O)OCc1ccccc1)c1ccccc1. The molecule has 1 heterocycles. The predicted octanol–water partition coefficient (Wildman–Crippen LogP) is 6.69. The lowest BCUT2D eigenvalue weighted by atomic mass is 10.1. The number of rotatable bonds is 17. The Morgan fingerprint density at radius 2 is 1.44 bits per heavy atom. The summed E-state index contributed by atoms with van der Waals surface area (Å²) in [6, 6.07) is 35.0. The number of imidazole rings is 1. The molecule has 5 aromatic rings. The summed E-state index contributed by atoms with van der Waals surface area (Å²) in [4.78, 5) is 51.8. The average molecular weight is 674 g/mol. The van der Waals surface area contributed by atoms with Crippen LogP contribution in [0.5, 0.6) is 5.75 Å². The van der Waals surface area contributed by atoms with Gasteiger partial charge in [0, 0.05) is 37.1 Å². The van der Waals surface area contributed by atoms with Crippen LogP contribution in [0.3, 0.4) is 0 Å². The lowest BCUT2D eigenvalue weighted by Crippen LogP contribution is -2.52. The van der Waals surface area contributed by atoms with Crippen LogP contribution in [0.2, 0.25) is 0 Å². The van der Waals surface area contributed by atoms with Gasteiger partial charge >= 0.3 is 6.09 Å². The third-order valence-corrected chi connectivity index (χ3v) is 8.07. The van der Waals surface area contributed by atoms with E-state index < -0.39 is 18.0 Å². The quantitative estimate of drug-likeness (QED) is 0.114. The molecule has 0 saturated heterocycles. The van der Waals surface area contributed by atoms with E-state index in [9.17, 15) is 14.4 Å². The first kappa shape index (κ1) is 35.4. The Hall–Kier alpha value is -5.90. The van der Waals surface area contributed by atoms with Gasteiger partial charge in [-0.1, -0.05) is 104 Å². The second-order valence-corrected chi connectivity index (χ2v) is 11.9. The summed E-state index contributed by atoms with van der Waals surface area (Å²) in [7, 11) is 0. The zero-order valence-electron chi connectivity index (χ0n) is 28.2. The highest BCUT2D eigenvalue weighted by Crippen LogP contribution is 2.19.